The molecule has 0 atom stereocenters. The van der Waals surface area contributed by atoms with Crippen molar-refractivity contribution in [3.63, 3.8) is 0 Å². The number of halogens is 1. The van der Waals surface area contributed by atoms with Crippen molar-refractivity contribution in [2.24, 2.45) is 0 Å². The molecule has 2 aliphatic rings. The first-order chi connectivity index (χ1) is 7.34. The summed E-state index contributed by atoms with van der Waals surface area (Å²) in [5, 5.41) is 0. The Hall–Kier alpha value is 0.400. The summed E-state index contributed by atoms with van der Waals surface area (Å²) in [6.07, 6.45) is 8.37. The van der Waals surface area contributed by atoms with Crippen molar-refractivity contribution in [1.82, 2.24) is 4.90 Å². The van der Waals surface area contributed by atoms with E-state index in [1.807, 2.05) is 0 Å². The fourth-order valence-electron chi connectivity index (χ4n) is 2.54. The molecule has 0 N–H and O–H groups in total. The van der Waals surface area contributed by atoms with Gasteiger partial charge >= 0.3 is 0 Å². The molecule has 0 amide bonds. The molecule has 1 aliphatic heterocycles. The van der Waals surface area contributed by atoms with Crippen LogP contribution in [0.4, 0.5) is 0 Å². The van der Waals surface area contributed by atoms with Crippen LogP contribution in [0.3, 0.4) is 0 Å². The minimum absolute atomic E-state index is 0.543. The fraction of sp³-hybridized carbons (Fsp3) is 1.00. The van der Waals surface area contributed by atoms with Crippen LogP contribution in [-0.4, -0.2) is 42.1 Å². The molecular weight excluding hydrogens is 254 g/mol. The fourth-order valence-corrected chi connectivity index (χ4v) is 3.07. The van der Waals surface area contributed by atoms with Gasteiger partial charge in [-0.2, -0.15) is 0 Å². The Morgan fingerprint density at radius 2 is 1.73 bits per heavy atom. The van der Waals surface area contributed by atoms with Gasteiger partial charge in [-0.05, 0) is 51.6 Å². The molecule has 0 aromatic carbocycles. The van der Waals surface area contributed by atoms with Crippen molar-refractivity contribution < 1.29 is 4.74 Å². The van der Waals surface area contributed by atoms with Crippen molar-refractivity contribution in [2.75, 3.05) is 26.2 Å². The smallest absolute Gasteiger partial charge is 0.0597 e. The average Bonchev–Trinajstić information content (AvgIpc) is 2.74. The van der Waals surface area contributed by atoms with Crippen LogP contribution < -0.4 is 0 Å². The first-order valence-corrected chi connectivity index (χ1v) is 7.24. The van der Waals surface area contributed by atoms with E-state index in [1.54, 1.807) is 0 Å². The lowest BCUT2D eigenvalue weighted by Crippen LogP contribution is -2.28. The topological polar surface area (TPSA) is 12.5 Å². The van der Waals surface area contributed by atoms with E-state index < -0.39 is 0 Å². The van der Waals surface area contributed by atoms with E-state index in [1.165, 1.54) is 51.6 Å². The zero-order chi connectivity index (χ0) is 10.5. The monoisotopic (exact) mass is 275 g/mol. The van der Waals surface area contributed by atoms with E-state index in [2.05, 4.69) is 20.8 Å². The van der Waals surface area contributed by atoms with E-state index in [0.29, 0.717) is 6.10 Å². The molecule has 15 heavy (non-hydrogen) atoms. The summed E-state index contributed by atoms with van der Waals surface area (Å²) in [6, 6.07) is 0. The van der Waals surface area contributed by atoms with Crippen molar-refractivity contribution in [2.45, 2.75) is 49.5 Å². The van der Waals surface area contributed by atoms with Gasteiger partial charge in [-0.3, -0.25) is 0 Å². The summed E-state index contributed by atoms with van der Waals surface area (Å²) in [4.78, 5) is 3.27. The second kappa shape index (κ2) is 6.21. The minimum atomic E-state index is 0.543. The number of ether oxygens (including phenoxy) is 1. The van der Waals surface area contributed by atoms with Crippen molar-refractivity contribution in [1.29, 1.82) is 0 Å². The summed E-state index contributed by atoms with van der Waals surface area (Å²) in [6.45, 7) is 4.67. The maximum absolute atomic E-state index is 5.93. The van der Waals surface area contributed by atoms with Gasteiger partial charge in [0.15, 0.2) is 0 Å². The number of hydrogen-bond donors (Lipinski definition) is 0. The molecule has 1 saturated heterocycles. The van der Waals surface area contributed by atoms with Crippen LogP contribution in [0.2, 0.25) is 0 Å². The normalized spacial score (nSPS) is 33.4. The predicted molar refractivity (Wildman–Crippen MR) is 66.6 cm³/mol. The van der Waals surface area contributed by atoms with Crippen LogP contribution in [0, 0.1) is 0 Å². The summed E-state index contributed by atoms with van der Waals surface area (Å²) in [5.41, 5.74) is 0. The van der Waals surface area contributed by atoms with Gasteiger partial charge in [0.2, 0.25) is 0 Å². The van der Waals surface area contributed by atoms with Gasteiger partial charge < -0.3 is 9.64 Å². The highest BCUT2D eigenvalue weighted by molar-refractivity contribution is 9.09. The number of alkyl halides is 1. The van der Waals surface area contributed by atoms with Crippen LogP contribution in [0.1, 0.15) is 38.5 Å². The van der Waals surface area contributed by atoms with Gasteiger partial charge in [-0.1, -0.05) is 15.9 Å². The molecule has 0 aromatic rings. The van der Waals surface area contributed by atoms with Crippen molar-refractivity contribution >= 4 is 15.9 Å². The first-order valence-electron chi connectivity index (χ1n) is 6.32. The van der Waals surface area contributed by atoms with Crippen LogP contribution in [0.5, 0.6) is 0 Å². The third-order valence-electron chi connectivity index (χ3n) is 3.56. The Morgan fingerprint density at radius 1 is 1.07 bits per heavy atom. The van der Waals surface area contributed by atoms with Crippen molar-refractivity contribution in [3.8, 4) is 0 Å². The molecule has 0 spiro atoms. The lowest BCUT2D eigenvalue weighted by molar-refractivity contribution is 0.0200. The highest BCUT2D eigenvalue weighted by atomic mass is 79.9. The average molecular weight is 276 g/mol. The summed E-state index contributed by atoms with van der Waals surface area (Å²) in [7, 11) is 0. The van der Waals surface area contributed by atoms with Crippen LogP contribution in [-0.2, 0) is 4.74 Å². The second-order valence-corrected chi connectivity index (χ2v) is 6.09. The zero-order valence-electron chi connectivity index (χ0n) is 9.46. The summed E-state index contributed by atoms with van der Waals surface area (Å²) in [5.74, 6) is 0. The Kier molecular flexibility index (Phi) is 4.92. The molecule has 2 rings (SSSR count). The lowest BCUT2D eigenvalue weighted by atomic mass is 9.98. The molecule has 1 saturated carbocycles. The summed E-state index contributed by atoms with van der Waals surface area (Å²) >= 11 is 3.67. The van der Waals surface area contributed by atoms with Gasteiger partial charge in [0, 0.05) is 11.4 Å². The lowest BCUT2D eigenvalue weighted by Gasteiger charge is -2.26. The SMILES string of the molecule is BrC1CCC(OCCN2CCCC2)CC1. The Labute approximate surface area is 101 Å². The van der Waals surface area contributed by atoms with Gasteiger partial charge in [-0.15, -0.1) is 0 Å². The minimum Gasteiger partial charge on any atom is -0.377 e. The first kappa shape index (κ1) is 11.9. The van der Waals surface area contributed by atoms with E-state index in [9.17, 15) is 0 Å². The molecule has 0 radical (unpaired) electrons. The maximum Gasteiger partial charge on any atom is 0.0597 e. The molecule has 1 heterocycles. The van der Waals surface area contributed by atoms with Crippen LogP contribution in [0.25, 0.3) is 0 Å². The molecule has 2 nitrogen and oxygen atoms in total. The van der Waals surface area contributed by atoms with Gasteiger partial charge in [0.1, 0.15) is 0 Å². The van der Waals surface area contributed by atoms with Crippen LogP contribution in [0.15, 0.2) is 0 Å². The Bertz CT molecular complexity index is 174. The van der Waals surface area contributed by atoms with Crippen molar-refractivity contribution in [3.05, 3.63) is 0 Å². The standard InChI is InChI=1S/C12H22BrNO/c13-11-3-5-12(6-4-11)15-10-9-14-7-1-2-8-14/h11-12H,1-10H2. The van der Waals surface area contributed by atoms with E-state index in [0.717, 1.165) is 18.0 Å². The largest absolute Gasteiger partial charge is 0.377 e. The molecule has 0 unspecified atom stereocenters. The maximum atomic E-state index is 5.93. The Balaban J connectivity index is 1.53. The van der Waals surface area contributed by atoms with Gasteiger partial charge in [0.25, 0.3) is 0 Å². The molecule has 0 bridgehead atoms. The molecule has 1 aliphatic carbocycles. The molecule has 88 valence electrons. The van der Waals surface area contributed by atoms with E-state index >= 15 is 0 Å². The highest BCUT2D eigenvalue weighted by Gasteiger charge is 2.19. The number of nitrogens with zero attached hydrogens (tertiary/aromatic N) is 1. The molecular formula is C12H22BrNO. The molecule has 2 fully saturated rings. The highest BCUT2D eigenvalue weighted by Crippen LogP contribution is 2.26. The molecule has 0 aromatic heterocycles. The van der Waals surface area contributed by atoms with E-state index in [-0.39, 0.29) is 0 Å². The van der Waals surface area contributed by atoms with Gasteiger partial charge in [-0.25, -0.2) is 0 Å². The number of rotatable bonds is 4. The number of likely N-dealkylation sites (tertiary alicyclic amines) is 1. The third kappa shape index (κ3) is 4.04. The third-order valence-corrected chi connectivity index (χ3v) is 4.48. The molecule has 3 heteroatoms. The van der Waals surface area contributed by atoms with Gasteiger partial charge in [0.05, 0.1) is 12.7 Å². The van der Waals surface area contributed by atoms with Crippen LogP contribution >= 0.6 is 15.9 Å². The zero-order valence-corrected chi connectivity index (χ0v) is 11.0. The summed E-state index contributed by atoms with van der Waals surface area (Å²) < 4.78 is 5.93. The number of hydrogen-bond acceptors (Lipinski definition) is 2. The Morgan fingerprint density at radius 3 is 2.40 bits per heavy atom. The second-order valence-electron chi connectivity index (χ2n) is 4.79. The quantitative estimate of drug-likeness (QED) is 0.732. The van der Waals surface area contributed by atoms with E-state index in [4.69, 9.17) is 4.74 Å². The predicted octanol–water partition coefficient (Wildman–Crippen LogP) is 2.80.